The zero-order chi connectivity index (χ0) is 21.2. The van der Waals surface area contributed by atoms with Crippen LogP contribution in [0.4, 0.5) is 16.2 Å². The Kier molecular flexibility index (Phi) is 7.56. The van der Waals surface area contributed by atoms with E-state index in [1.54, 1.807) is 11.8 Å². The van der Waals surface area contributed by atoms with Crippen molar-refractivity contribution < 1.29 is 14.3 Å². The normalized spacial score (nSPS) is 10.7. The van der Waals surface area contributed by atoms with E-state index in [4.69, 9.17) is 4.74 Å². The molecule has 0 N–H and O–H groups in total. The van der Waals surface area contributed by atoms with Crippen LogP contribution in [-0.2, 0) is 16.0 Å². The molecule has 0 saturated heterocycles. The van der Waals surface area contributed by atoms with Crippen molar-refractivity contribution in [2.24, 2.45) is 0 Å². The van der Waals surface area contributed by atoms with Crippen molar-refractivity contribution in [1.29, 1.82) is 0 Å². The average Bonchev–Trinajstić information content (AvgIpc) is 2.77. The topological polar surface area (TPSA) is 46.6 Å². The van der Waals surface area contributed by atoms with Crippen molar-refractivity contribution >= 4 is 29.3 Å². The number of aryl methyl sites for hydroxylation is 1. The Balaban J connectivity index is 1.63. The molecule has 0 heterocycles. The number of amides is 1. The Morgan fingerprint density at radius 2 is 1.50 bits per heavy atom. The molecule has 0 aliphatic rings. The Bertz CT molecular complexity index is 958. The molecule has 1 amide bonds. The summed E-state index contributed by atoms with van der Waals surface area (Å²) in [5.41, 5.74) is 3.62. The molecule has 0 saturated carbocycles. The summed E-state index contributed by atoms with van der Waals surface area (Å²) < 4.78 is 5.50. The zero-order valence-corrected chi connectivity index (χ0v) is 17.0. The molecule has 0 bridgehead atoms. The molecular formula is C26H25NO3. The number of hydrogen-bond acceptors (Lipinski definition) is 3. The fourth-order valence-electron chi connectivity index (χ4n) is 3.05. The molecule has 0 atom stereocenters. The molecular weight excluding hydrogens is 374 g/mol. The molecule has 0 aliphatic carbocycles. The first-order valence-corrected chi connectivity index (χ1v) is 9.95. The molecule has 4 heteroatoms. The third-order valence-electron chi connectivity index (χ3n) is 4.54. The van der Waals surface area contributed by atoms with Crippen LogP contribution in [0.1, 0.15) is 24.5 Å². The van der Waals surface area contributed by atoms with Gasteiger partial charge in [0.15, 0.2) is 0 Å². The van der Waals surface area contributed by atoms with Crippen LogP contribution >= 0.6 is 0 Å². The van der Waals surface area contributed by atoms with E-state index in [-0.39, 0.29) is 12.4 Å². The molecule has 0 aliphatic heterocycles. The van der Waals surface area contributed by atoms with Crippen molar-refractivity contribution in [3.63, 3.8) is 0 Å². The van der Waals surface area contributed by atoms with E-state index in [2.05, 4.69) is 0 Å². The van der Waals surface area contributed by atoms with E-state index in [0.29, 0.717) is 6.42 Å². The van der Waals surface area contributed by atoms with Crippen LogP contribution in [0.25, 0.3) is 6.08 Å². The summed E-state index contributed by atoms with van der Waals surface area (Å²) in [6, 6.07) is 26.9. The first kappa shape index (κ1) is 21.1. The Morgan fingerprint density at radius 3 is 2.10 bits per heavy atom. The lowest BCUT2D eigenvalue weighted by molar-refractivity contribution is -0.116. The number of rotatable bonds is 8. The second-order valence-electron chi connectivity index (χ2n) is 6.93. The lowest BCUT2D eigenvalue weighted by atomic mass is 10.0. The van der Waals surface area contributed by atoms with Gasteiger partial charge in [-0.1, -0.05) is 66.7 Å². The molecule has 0 aromatic heterocycles. The summed E-state index contributed by atoms with van der Waals surface area (Å²) in [6.45, 7) is 1.76. The highest BCUT2D eigenvalue weighted by atomic mass is 16.6. The van der Waals surface area contributed by atoms with Gasteiger partial charge in [-0.2, -0.15) is 0 Å². The molecule has 152 valence electrons. The van der Waals surface area contributed by atoms with Gasteiger partial charge >= 0.3 is 6.09 Å². The van der Waals surface area contributed by atoms with Gasteiger partial charge < -0.3 is 9.53 Å². The minimum absolute atomic E-state index is 0.159. The van der Waals surface area contributed by atoms with Crippen LogP contribution in [-0.4, -0.2) is 18.5 Å². The second-order valence-corrected chi connectivity index (χ2v) is 6.93. The first-order valence-electron chi connectivity index (χ1n) is 9.95. The lowest BCUT2D eigenvalue weighted by Gasteiger charge is -2.22. The number of carbonyl (C=O) groups excluding carboxylic acids is 2. The minimum atomic E-state index is -0.438. The van der Waals surface area contributed by atoms with Gasteiger partial charge in [0.1, 0.15) is 12.4 Å². The number of para-hydroxylation sites is 2. The number of nitrogens with zero attached hydrogens (tertiary/aromatic N) is 1. The third-order valence-corrected chi connectivity index (χ3v) is 4.54. The summed E-state index contributed by atoms with van der Waals surface area (Å²) in [7, 11) is 0. The number of anilines is 2. The van der Waals surface area contributed by atoms with E-state index < -0.39 is 6.09 Å². The Hall–Kier alpha value is -3.66. The number of carbonyl (C=O) groups is 2. The quantitative estimate of drug-likeness (QED) is 0.453. The summed E-state index contributed by atoms with van der Waals surface area (Å²) in [5.74, 6) is 0.184. The van der Waals surface area contributed by atoms with Gasteiger partial charge in [-0.25, -0.2) is 9.69 Å². The molecule has 3 rings (SSSR count). The van der Waals surface area contributed by atoms with Crippen molar-refractivity contribution in [1.82, 2.24) is 0 Å². The predicted molar refractivity (Wildman–Crippen MR) is 121 cm³/mol. The predicted octanol–water partition coefficient (Wildman–Crippen LogP) is 6.20. The number of benzene rings is 3. The average molecular weight is 399 g/mol. The summed E-state index contributed by atoms with van der Waals surface area (Å²) in [6.07, 6.45) is 4.57. The number of ketones is 1. The van der Waals surface area contributed by atoms with E-state index in [9.17, 15) is 9.59 Å². The number of ether oxygens (including phenoxy) is 1. The van der Waals surface area contributed by atoms with Crippen molar-refractivity contribution in [3.8, 4) is 0 Å². The molecule has 3 aromatic rings. The molecule has 4 nitrogen and oxygen atoms in total. The first-order chi connectivity index (χ1) is 14.6. The fourth-order valence-corrected chi connectivity index (χ4v) is 3.05. The summed E-state index contributed by atoms with van der Waals surface area (Å²) in [4.78, 5) is 25.5. The van der Waals surface area contributed by atoms with Gasteiger partial charge in [0.25, 0.3) is 0 Å². The van der Waals surface area contributed by atoms with Crippen LogP contribution in [0.3, 0.4) is 0 Å². The summed E-state index contributed by atoms with van der Waals surface area (Å²) in [5, 5.41) is 0. The van der Waals surface area contributed by atoms with Crippen molar-refractivity contribution in [3.05, 3.63) is 102 Å². The molecule has 3 aromatic carbocycles. The molecule has 0 radical (unpaired) electrons. The highest BCUT2D eigenvalue weighted by Gasteiger charge is 2.18. The van der Waals surface area contributed by atoms with E-state index in [1.807, 2.05) is 97.1 Å². The zero-order valence-electron chi connectivity index (χ0n) is 17.0. The maximum absolute atomic E-state index is 12.8. The van der Waals surface area contributed by atoms with E-state index in [1.165, 1.54) is 0 Å². The van der Waals surface area contributed by atoms with Crippen LogP contribution in [0.5, 0.6) is 0 Å². The fraction of sp³-hybridized carbons (Fsp3) is 0.154. The monoisotopic (exact) mass is 399 g/mol. The van der Waals surface area contributed by atoms with Crippen molar-refractivity contribution in [2.75, 3.05) is 11.5 Å². The molecule has 30 heavy (non-hydrogen) atoms. The SMILES string of the molecule is CC(=O)CCc1cccc(/C=C\COC(=O)N(c2ccccc2)c2ccccc2)c1. The van der Waals surface area contributed by atoms with Gasteiger partial charge in [-0.15, -0.1) is 0 Å². The van der Waals surface area contributed by atoms with Crippen LogP contribution in [0.15, 0.2) is 91.0 Å². The van der Waals surface area contributed by atoms with E-state index in [0.717, 1.165) is 28.9 Å². The highest BCUT2D eigenvalue weighted by molar-refractivity contribution is 5.95. The maximum atomic E-state index is 12.8. The second kappa shape index (κ2) is 10.8. The maximum Gasteiger partial charge on any atom is 0.419 e. The largest absolute Gasteiger partial charge is 0.445 e. The van der Waals surface area contributed by atoms with Crippen LogP contribution < -0.4 is 4.90 Å². The number of hydrogen-bond donors (Lipinski definition) is 0. The summed E-state index contributed by atoms with van der Waals surface area (Å²) >= 11 is 0. The number of Topliss-reactive ketones (excluding diaryl/α,β-unsaturated/α-hetero) is 1. The minimum Gasteiger partial charge on any atom is -0.445 e. The van der Waals surface area contributed by atoms with Gasteiger partial charge in [0, 0.05) is 6.42 Å². The van der Waals surface area contributed by atoms with Crippen LogP contribution in [0.2, 0.25) is 0 Å². The van der Waals surface area contributed by atoms with Gasteiger partial charge in [0.2, 0.25) is 0 Å². The molecule has 0 fully saturated rings. The standard InChI is InChI=1S/C26H25NO3/c1-21(28)17-18-23-11-8-10-22(20-23)12-9-19-30-26(29)27(24-13-4-2-5-14-24)25-15-6-3-7-16-25/h2-16,20H,17-19H2,1H3/b12-9-. The van der Waals surface area contributed by atoms with Crippen LogP contribution in [0, 0.1) is 0 Å². The van der Waals surface area contributed by atoms with E-state index >= 15 is 0 Å². The Labute approximate surface area is 177 Å². The van der Waals surface area contributed by atoms with Gasteiger partial charge in [-0.3, -0.25) is 0 Å². The highest BCUT2D eigenvalue weighted by Crippen LogP contribution is 2.25. The van der Waals surface area contributed by atoms with Gasteiger partial charge in [0.05, 0.1) is 11.4 Å². The van der Waals surface area contributed by atoms with Crippen molar-refractivity contribution in [2.45, 2.75) is 19.8 Å². The smallest absolute Gasteiger partial charge is 0.419 e. The molecule has 0 unspecified atom stereocenters. The third kappa shape index (κ3) is 6.17. The lowest BCUT2D eigenvalue weighted by Crippen LogP contribution is -2.26. The Morgan fingerprint density at radius 1 is 0.867 bits per heavy atom. The van der Waals surface area contributed by atoms with Gasteiger partial charge in [-0.05, 0) is 54.8 Å². The molecule has 0 spiro atoms.